The fraction of sp³-hybridized carbons (Fsp3) is 0.476. The molecule has 6 nitrogen and oxygen atoms in total. The Balaban J connectivity index is 1.80. The van der Waals surface area contributed by atoms with Gasteiger partial charge in [0.2, 0.25) is 11.1 Å². The maximum Gasteiger partial charge on any atom is 0.227 e. The average Bonchev–Trinajstić information content (AvgIpc) is 3.10. The van der Waals surface area contributed by atoms with Crippen molar-refractivity contribution in [1.82, 2.24) is 14.8 Å². The van der Waals surface area contributed by atoms with Crippen LogP contribution in [0.3, 0.4) is 0 Å². The number of Topliss-reactive ketones (excluding diaryl/α,β-unsaturated/α-hetero) is 1. The summed E-state index contributed by atoms with van der Waals surface area (Å²) in [6.07, 6.45) is 4.59. The zero-order valence-corrected chi connectivity index (χ0v) is 17.2. The minimum Gasteiger partial charge on any atom is -0.494 e. The molecule has 1 aromatic carbocycles. The number of anilines is 1. The van der Waals surface area contributed by atoms with Gasteiger partial charge in [-0.1, -0.05) is 43.3 Å². The molecule has 1 aliphatic carbocycles. The molecule has 1 N–H and O–H groups in total. The zero-order chi connectivity index (χ0) is 19.5. The zero-order valence-electron chi connectivity index (χ0n) is 16.4. The lowest BCUT2D eigenvalue weighted by molar-refractivity contribution is -0.116. The maximum absolute atomic E-state index is 12.9. The third-order valence-electron chi connectivity index (χ3n) is 5.09. The van der Waals surface area contributed by atoms with Gasteiger partial charge in [0.1, 0.15) is 11.8 Å². The van der Waals surface area contributed by atoms with Crippen molar-refractivity contribution in [2.24, 2.45) is 0 Å². The first-order chi connectivity index (χ1) is 13.7. The Morgan fingerprint density at radius 1 is 1.29 bits per heavy atom. The summed E-state index contributed by atoms with van der Waals surface area (Å²) < 4.78 is 7.75. The summed E-state index contributed by atoms with van der Waals surface area (Å²) in [7, 11) is 0. The number of carbonyl (C=O) groups is 1. The highest BCUT2D eigenvalue weighted by atomic mass is 32.2. The number of ether oxygens (including phenoxy) is 1. The summed E-state index contributed by atoms with van der Waals surface area (Å²) >= 11 is 1.67. The molecule has 0 radical (unpaired) electrons. The molecular weight excluding hydrogens is 372 g/mol. The van der Waals surface area contributed by atoms with Gasteiger partial charge in [0.15, 0.2) is 5.78 Å². The van der Waals surface area contributed by atoms with Gasteiger partial charge in [-0.3, -0.25) is 4.79 Å². The van der Waals surface area contributed by atoms with E-state index in [-0.39, 0.29) is 11.8 Å². The number of benzene rings is 1. The van der Waals surface area contributed by atoms with Crippen LogP contribution in [0.1, 0.15) is 57.6 Å². The minimum atomic E-state index is -0.296. The second-order valence-corrected chi connectivity index (χ2v) is 8.09. The predicted octanol–water partition coefficient (Wildman–Crippen LogP) is 4.59. The number of carbonyl (C=O) groups excluding carboxylic acids is 1. The van der Waals surface area contributed by atoms with Crippen LogP contribution < -0.4 is 10.1 Å². The normalized spacial score (nSPS) is 18.5. The first-order valence-electron chi connectivity index (χ1n) is 10.1. The van der Waals surface area contributed by atoms with E-state index in [4.69, 9.17) is 14.8 Å². The molecule has 0 saturated heterocycles. The lowest BCUT2D eigenvalue weighted by Gasteiger charge is -2.32. The number of fused-ring (bicyclic) bond motifs is 1. The fourth-order valence-corrected chi connectivity index (χ4v) is 4.70. The summed E-state index contributed by atoms with van der Waals surface area (Å²) in [4.78, 5) is 17.6. The van der Waals surface area contributed by atoms with Crippen LogP contribution in [0.2, 0.25) is 0 Å². The molecule has 148 valence electrons. The summed E-state index contributed by atoms with van der Waals surface area (Å²) in [5, 5.41) is 8.91. The molecule has 2 heterocycles. The average molecular weight is 399 g/mol. The number of hydrogen-bond acceptors (Lipinski definition) is 6. The SMILES string of the molecule is CCCCSc1nc2n(n1)[C@H](c1ccccc1OCC)C1=C(CCCC1=O)N2. The Kier molecular flexibility index (Phi) is 5.71. The van der Waals surface area contributed by atoms with E-state index < -0.39 is 0 Å². The van der Waals surface area contributed by atoms with Gasteiger partial charge in [-0.25, -0.2) is 4.68 Å². The lowest BCUT2D eigenvalue weighted by atomic mass is 9.85. The molecule has 4 rings (SSSR count). The van der Waals surface area contributed by atoms with Crippen LogP contribution in [-0.4, -0.2) is 32.9 Å². The number of nitrogens with one attached hydrogen (secondary N) is 1. The predicted molar refractivity (Wildman–Crippen MR) is 111 cm³/mol. The van der Waals surface area contributed by atoms with Gasteiger partial charge in [-0.2, -0.15) is 4.98 Å². The number of rotatable bonds is 7. The van der Waals surface area contributed by atoms with E-state index in [0.717, 1.165) is 59.2 Å². The molecule has 0 bridgehead atoms. The molecule has 2 aromatic rings. The summed E-state index contributed by atoms with van der Waals surface area (Å²) in [5.74, 6) is 2.69. The smallest absolute Gasteiger partial charge is 0.227 e. The number of hydrogen-bond donors (Lipinski definition) is 1. The summed E-state index contributed by atoms with van der Waals surface area (Å²) in [6, 6.07) is 7.64. The molecule has 2 aliphatic rings. The quantitative estimate of drug-likeness (QED) is 0.543. The van der Waals surface area contributed by atoms with Crippen LogP contribution in [0.5, 0.6) is 5.75 Å². The molecule has 1 aromatic heterocycles. The Morgan fingerprint density at radius 3 is 2.96 bits per heavy atom. The molecule has 1 aliphatic heterocycles. The van der Waals surface area contributed by atoms with Crippen molar-refractivity contribution in [3.05, 3.63) is 41.1 Å². The van der Waals surface area contributed by atoms with Crippen molar-refractivity contribution in [3.8, 4) is 5.75 Å². The third kappa shape index (κ3) is 3.55. The molecular formula is C21H26N4O2S. The highest BCUT2D eigenvalue weighted by Gasteiger charge is 2.38. The van der Waals surface area contributed by atoms with Crippen molar-refractivity contribution in [1.29, 1.82) is 0 Å². The van der Waals surface area contributed by atoms with Crippen LogP contribution in [0.15, 0.2) is 40.7 Å². The van der Waals surface area contributed by atoms with Gasteiger partial charge in [0.05, 0.1) is 6.61 Å². The van der Waals surface area contributed by atoms with Gasteiger partial charge in [0.25, 0.3) is 0 Å². The molecule has 0 unspecified atom stereocenters. The van der Waals surface area contributed by atoms with Crippen molar-refractivity contribution in [3.63, 3.8) is 0 Å². The van der Waals surface area contributed by atoms with Gasteiger partial charge < -0.3 is 10.1 Å². The van der Waals surface area contributed by atoms with E-state index in [1.165, 1.54) is 0 Å². The van der Waals surface area contributed by atoms with E-state index in [1.54, 1.807) is 11.8 Å². The molecule has 7 heteroatoms. The number of unbranched alkanes of at least 4 members (excludes halogenated alkanes) is 1. The van der Waals surface area contributed by atoms with Crippen LogP contribution >= 0.6 is 11.8 Å². The Hall–Kier alpha value is -2.28. The number of para-hydroxylation sites is 1. The molecule has 0 fully saturated rings. The van der Waals surface area contributed by atoms with Gasteiger partial charge in [-0.15, -0.1) is 5.10 Å². The van der Waals surface area contributed by atoms with Crippen molar-refractivity contribution in [2.45, 2.75) is 57.1 Å². The van der Waals surface area contributed by atoms with E-state index in [2.05, 4.69) is 12.2 Å². The lowest BCUT2D eigenvalue weighted by Crippen LogP contribution is -2.31. The molecule has 0 spiro atoms. The van der Waals surface area contributed by atoms with E-state index in [9.17, 15) is 4.79 Å². The second-order valence-electron chi connectivity index (χ2n) is 7.03. The Morgan fingerprint density at radius 2 is 2.14 bits per heavy atom. The Bertz CT molecular complexity index is 906. The number of aromatic nitrogens is 3. The van der Waals surface area contributed by atoms with E-state index in [1.807, 2.05) is 35.9 Å². The highest BCUT2D eigenvalue weighted by Crippen LogP contribution is 2.43. The number of allylic oxidation sites excluding steroid dienone is 2. The fourth-order valence-electron chi connectivity index (χ4n) is 3.79. The molecule has 1 atom stereocenters. The second kappa shape index (κ2) is 8.39. The van der Waals surface area contributed by atoms with Crippen LogP contribution in [0.25, 0.3) is 0 Å². The highest BCUT2D eigenvalue weighted by molar-refractivity contribution is 7.99. The van der Waals surface area contributed by atoms with Crippen molar-refractivity contribution in [2.75, 3.05) is 17.7 Å². The monoisotopic (exact) mass is 398 g/mol. The van der Waals surface area contributed by atoms with Crippen molar-refractivity contribution >= 4 is 23.5 Å². The summed E-state index contributed by atoms with van der Waals surface area (Å²) in [6.45, 7) is 4.72. The first-order valence-corrected chi connectivity index (χ1v) is 11.1. The molecule has 28 heavy (non-hydrogen) atoms. The largest absolute Gasteiger partial charge is 0.494 e. The number of ketones is 1. The van der Waals surface area contributed by atoms with Crippen LogP contribution in [-0.2, 0) is 4.79 Å². The van der Waals surface area contributed by atoms with Gasteiger partial charge >= 0.3 is 0 Å². The van der Waals surface area contributed by atoms with Crippen LogP contribution in [0, 0.1) is 0 Å². The molecule has 0 amide bonds. The first kappa shape index (κ1) is 19.1. The van der Waals surface area contributed by atoms with Gasteiger partial charge in [0, 0.05) is 29.0 Å². The number of thioether (sulfide) groups is 1. The van der Waals surface area contributed by atoms with E-state index >= 15 is 0 Å². The van der Waals surface area contributed by atoms with Crippen LogP contribution in [0.4, 0.5) is 5.95 Å². The van der Waals surface area contributed by atoms with Crippen molar-refractivity contribution < 1.29 is 9.53 Å². The Labute approximate surface area is 169 Å². The van der Waals surface area contributed by atoms with E-state index in [0.29, 0.717) is 19.0 Å². The summed E-state index contributed by atoms with van der Waals surface area (Å²) in [5.41, 5.74) is 2.75. The molecule has 0 saturated carbocycles. The maximum atomic E-state index is 12.9. The van der Waals surface area contributed by atoms with Gasteiger partial charge in [-0.05, 0) is 32.3 Å². The number of nitrogens with zero attached hydrogens (tertiary/aromatic N) is 3. The minimum absolute atomic E-state index is 0.186. The third-order valence-corrected chi connectivity index (χ3v) is 6.02. The topological polar surface area (TPSA) is 69.0 Å². The standard InChI is InChI=1S/C21H26N4O2S/c1-3-5-13-28-21-23-20-22-15-10-8-11-16(26)18(15)19(25(20)24-21)14-9-6-7-12-17(14)27-4-2/h6-7,9,12,19H,3-5,8,10-11,13H2,1-2H3,(H,22,23,24)/t19-/m1/s1.